The number of hydrogen-bond acceptors (Lipinski definition) is 3. The molecule has 0 aliphatic heterocycles. The highest BCUT2D eigenvalue weighted by Crippen LogP contribution is 2.34. The summed E-state index contributed by atoms with van der Waals surface area (Å²) in [4.78, 5) is 10.7. The third kappa shape index (κ3) is 1.93. The van der Waals surface area contributed by atoms with Gasteiger partial charge in [-0.15, -0.1) is 0 Å². The average molecular weight is 239 g/mol. The van der Waals surface area contributed by atoms with Crippen molar-refractivity contribution in [2.75, 3.05) is 7.11 Å². The van der Waals surface area contributed by atoms with Gasteiger partial charge in [0.05, 0.1) is 10.6 Å². The van der Waals surface area contributed by atoms with Crippen LogP contribution in [0.2, 0.25) is 0 Å². The molecule has 0 radical (unpaired) electrons. The van der Waals surface area contributed by atoms with Gasteiger partial charge < -0.3 is 14.9 Å². The Hall–Kier alpha value is -0.550. The highest BCUT2D eigenvalue weighted by Gasteiger charge is 2.39. The van der Waals surface area contributed by atoms with Crippen LogP contribution in [0.15, 0.2) is 22.8 Å². The minimum atomic E-state index is -1.80. The van der Waals surface area contributed by atoms with E-state index in [0.29, 0.717) is 0 Å². The standard InChI is InChI=1S/C8H8Cl2O4/c1-14-6-5(9)4(7(11)12)2-3-8(6,10)13/h2-3,6,13H,1H3,(H,11,12). The van der Waals surface area contributed by atoms with Crippen molar-refractivity contribution in [1.29, 1.82) is 0 Å². The molecule has 0 saturated carbocycles. The molecule has 14 heavy (non-hydrogen) atoms. The summed E-state index contributed by atoms with van der Waals surface area (Å²) in [6.45, 7) is 0. The lowest BCUT2D eigenvalue weighted by molar-refractivity contribution is -0.132. The normalized spacial score (nSPS) is 32.1. The van der Waals surface area contributed by atoms with Crippen molar-refractivity contribution in [3.8, 4) is 0 Å². The summed E-state index contributed by atoms with van der Waals surface area (Å²) in [5.41, 5.74) is -0.135. The Bertz CT molecular complexity index is 319. The Morgan fingerprint density at radius 2 is 2.29 bits per heavy atom. The van der Waals surface area contributed by atoms with Crippen molar-refractivity contribution in [2.45, 2.75) is 11.2 Å². The number of halogens is 2. The van der Waals surface area contributed by atoms with E-state index in [1.54, 1.807) is 0 Å². The molecular formula is C8H8Cl2O4. The zero-order valence-corrected chi connectivity index (χ0v) is 8.71. The smallest absolute Gasteiger partial charge is 0.336 e. The first kappa shape index (κ1) is 11.5. The van der Waals surface area contributed by atoms with Crippen LogP contribution in [-0.2, 0) is 9.53 Å². The van der Waals surface area contributed by atoms with E-state index in [4.69, 9.17) is 33.0 Å². The number of hydrogen-bond donors (Lipinski definition) is 2. The van der Waals surface area contributed by atoms with Crippen LogP contribution < -0.4 is 0 Å². The first-order valence-electron chi connectivity index (χ1n) is 3.66. The van der Waals surface area contributed by atoms with Crippen LogP contribution in [0.1, 0.15) is 0 Å². The molecule has 1 aliphatic rings. The molecule has 0 saturated heterocycles. The number of carboxylic acid groups (broad SMARTS) is 1. The van der Waals surface area contributed by atoms with Crippen molar-refractivity contribution in [2.24, 2.45) is 0 Å². The largest absolute Gasteiger partial charge is 0.478 e. The van der Waals surface area contributed by atoms with E-state index in [-0.39, 0.29) is 10.6 Å². The second-order valence-corrected chi connectivity index (χ2v) is 3.76. The quantitative estimate of drug-likeness (QED) is 0.707. The Balaban J connectivity index is 3.14. The summed E-state index contributed by atoms with van der Waals surface area (Å²) < 4.78 is 4.81. The summed E-state index contributed by atoms with van der Waals surface area (Å²) in [6.07, 6.45) is 1.20. The van der Waals surface area contributed by atoms with Gasteiger partial charge in [-0.2, -0.15) is 0 Å². The Kier molecular flexibility index (Phi) is 3.21. The molecule has 0 bridgehead atoms. The number of methoxy groups -OCH3 is 1. The van der Waals surface area contributed by atoms with Gasteiger partial charge in [0, 0.05) is 7.11 Å². The van der Waals surface area contributed by atoms with Crippen LogP contribution in [-0.4, -0.2) is 34.5 Å². The highest BCUT2D eigenvalue weighted by molar-refractivity contribution is 6.35. The molecule has 0 aromatic heterocycles. The van der Waals surface area contributed by atoms with Crippen LogP contribution in [0, 0.1) is 0 Å². The van der Waals surface area contributed by atoms with Gasteiger partial charge in [-0.1, -0.05) is 23.2 Å². The van der Waals surface area contributed by atoms with Crippen molar-refractivity contribution in [3.05, 3.63) is 22.8 Å². The fourth-order valence-corrected chi connectivity index (χ4v) is 1.84. The summed E-state index contributed by atoms with van der Waals surface area (Å²) in [5, 5.41) is 16.3. The molecular weight excluding hydrogens is 231 g/mol. The van der Waals surface area contributed by atoms with E-state index in [1.165, 1.54) is 7.11 Å². The number of aliphatic hydroxyl groups is 1. The summed E-state index contributed by atoms with van der Waals surface area (Å²) in [6, 6.07) is 0. The molecule has 0 heterocycles. The predicted octanol–water partition coefficient (Wildman–Crippen LogP) is 1.08. The third-order valence-electron chi connectivity index (χ3n) is 1.81. The van der Waals surface area contributed by atoms with Gasteiger partial charge in [-0.25, -0.2) is 4.79 Å². The number of rotatable bonds is 2. The fourth-order valence-electron chi connectivity index (χ4n) is 1.13. The minimum absolute atomic E-state index is 0.125. The van der Waals surface area contributed by atoms with Crippen LogP contribution in [0.25, 0.3) is 0 Å². The molecule has 0 amide bonds. The fraction of sp³-hybridized carbons (Fsp3) is 0.375. The zero-order valence-electron chi connectivity index (χ0n) is 7.20. The number of aliphatic carboxylic acids is 1. The van der Waals surface area contributed by atoms with Gasteiger partial charge in [-0.3, -0.25) is 0 Å². The molecule has 2 atom stereocenters. The molecule has 0 aromatic carbocycles. The van der Waals surface area contributed by atoms with E-state index < -0.39 is 17.1 Å². The SMILES string of the molecule is COC1C(Cl)=C(C(=O)O)C=CC1(O)Cl. The van der Waals surface area contributed by atoms with Crippen LogP contribution >= 0.6 is 23.2 Å². The molecule has 0 aromatic rings. The van der Waals surface area contributed by atoms with E-state index >= 15 is 0 Å². The second-order valence-electron chi connectivity index (χ2n) is 2.74. The monoisotopic (exact) mass is 238 g/mol. The van der Waals surface area contributed by atoms with Crippen LogP contribution in [0.5, 0.6) is 0 Å². The molecule has 78 valence electrons. The molecule has 6 heteroatoms. The first-order valence-corrected chi connectivity index (χ1v) is 4.42. The number of carboxylic acids is 1. The molecule has 1 rings (SSSR count). The van der Waals surface area contributed by atoms with E-state index in [9.17, 15) is 9.90 Å². The van der Waals surface area contributed by atoms with Crippen LogP contribution in [0.4, 0.5) is 0 Å². The Labute approximate surface area is 90.4 Å². The van der Waals surface area contributed by atoms with Crippen molar-refractivity contribution < 1.29 is 19.7 Å². The lowest BCUT2D eigenvalue weighted by atomic mass is 10.0. The summed E-state index contributed by atoms with van der Waals surface area (Å²) in [5.74, 6) is -1.19. The average Bonchev–Trinajstić information content (AvgIpc) is 2.02. The lowest BCUT2D eigenvalue weighted by Gasteiger charge is -2.29. The van der Waals surface area contributed by atoms with Gasteiger partial charge in [0.15, 0.2) is 5.06 Å². The summed E-state index contributed by atoms with van der Waals surface area (Å²) >= 11 is 11.3. The van der Waals surface area contributed by atoms with Gasteiger partial charge in [0.25, 0.3) is 0 Å². The predicted molar refractivity (Wildman–Crippen MR) is 51.3 cm³/mol. The molecule has 2 N–H and O–H groups in total. The Morgan fingerprint density at radius 3 is 2.71 bits per heavy atom. The van der Waals surface area contributed by atoms with Crippen molar-refractivity contribution >= 4 is 29.2 Å². The number of ether oxygens (including phenoxy) is 1. The van der Waals surface area contributed by atoms with Gasteiger partial charge in [0.1, 0.15) is 6.10 Å². The molecule has 2 unspecified atom stereocenters. The van der Waals surface area contributed by atoms with Crippen molar-refractivity contribution in [3.63, 3.8) is 0 Å². The highest BCUT2D eigenvalue weighted by atomic mass is 35.5. The Morgan fingerprint density at radius 1 is 1.71 bits per heavy atom. The maximum absolute atomic E-state index is 10.7. The lowest BCUT2D eigenvalue weighted by Crippen LogP contribution is -2.39. The molecule has 4 nitrogen and oxygen atoms in total. The second kappa shape index (κ2) is 3.90. The topological polar surface area (TPSA) is 66.8 Å². The molecule has 1 aliphatic carbocycles. The zero-order chi connectivity index (χ0) is 10.9. The van der Waals surface area contributed by atoms with E-state index in [1.807, 2.05) is 0 Å². The third-order valence-corrected chi connectivity index (χ3v) is 2.53. The number of carbonyl (C=O) groups is 1. The minimum Gasteiger partial charge on any atom is -0.478 e. The van der Waals surface area contributed by atoms with Crippen LogP contribution in [0.3, 0.4) is 0 Å². The molecule has 0 spiro atoms. The van der Waals surface area contributed by atoms with Gasteiger partial charge in [-0.05, 0) is 12.2 Å². The van der Waals surface area contributed by atoms with Crippen molar-refractivity contribution in [1.82, 2.24) is 0 Å². The first-order chi connectivity index (χ1) is 6.40. The maximum Gasteiger partial charge on any atom is 0.336 e. The summed E-state index contributed by atoms with van der Waals surface area (Å²) in [7, 11) is 1.28. The van der Waals surface area contributed by atoms with E-state index in [0.717, 1.165) is 12.2 Å². The molecule has 0 fully saturated rings. The van der Waals surface area contributed by atoms with Gasteiger partial charge >= 0.3 is 5.97 Å². The maximum atomic E-state index is 10.7. The van der Waals surface area contributed by atoms with E-state index in [2.05, 4.69) is 0 Å². The number of alkyl halides is 1. The van der Waals surface area contributed by atoms with Gasteiger partial charge in [0.2, 0.25) is 0 Å².